The van der Waals surface area contributed by atoms with Gasteiger partial charge in [0.15, 0.2) is 17.4 Å². The lowest BCUT2D eigenvalue weighted by Gasteiger charge is -2.33. The number of aromatic nitrogens is 1. The largest absolute Gasteiger partial charge is 0.487 e. The van der Waals surface area contributed by atoms with E-state index in [4.69, 9.17) is 15.2 Å². The molecule has 0 unspecified atom stereocenters. The predicted molar refractivity (Wildman–Crippen MR) is 110 cm³/mol. The van der Waals surface area contributed by atoms with Gasteiger partial charge in [0.2, 0.25) is 10.0 Å². The normalized spacial score (nSPS) is 18.8. The maximum absolute atomic E-state index is 13.8. The molecule has 4 rings (SSSR count). The molecule has 3 heterocycles. The van der Waals surface area contributed by atoms with E-state index in [9.17, 15) is 17.2 Å². The molecule has 11 heteroatoms. The zero-order valence-electron chi connectivity index (χ0n) is 16.8. The first-order valence-electron chi connectivity index (χ1n) is 10.0. The summed E-state index contributed by atoms with van der Waals surface area (Å²) >= 11 is 0. The minimum atomic E-state index is -3.67. The average molecular weight is 454 g/mol. The van der Waals surface area contributed by atoms with Gasteiger partial charge in [-0.3, -0.25) is 0 Å². The Bertz CT molecular complexity index is 1040. The molecule has 2 aliphatic rings. The summed E-state index contributed by atoms with van der Waals surface area (Å²) in [6.07, 6.45) is 2.28. The van der Waals surface area contributed by atoms with Gasteiger partial charge in [0, 0.05) is 51.3 Å². The number of nitrogens with zero attached hydrogens (tertiary/aromatic N) is 3. The van der Waals surface area contributed by atoms with Crippen LogP contribution in [0.15, 0.2) is 35.4 Å². The molecule has 0 bridgehead atoms. The second-order valence-electron chi connectivity index (χ2n) is 7.48. The smallest absolute Gasteiger partial charge is 0.244 e. The number of benzene rings is 1. The third-order valence-electron chi connectivity index (χ3n) is 5.41. The quantitative estimate of drug-likeness (QED) is 0.738. The van der Waals surface area contributed by atoms with Gasteiger partial charge in [-0.25, -0.2) is 22.2 Å². The van der Waals surface area contributed by atoms with Crippen LogP contribution in [-0.4, -0.2) is 63.2 Å². The topological polar surface area (TPSA) is 98.0 Å². The van der Waals surface area contributed by atoms with Gasteiger partial charge < -0.3 is 20.1 Å². The third-order valence-corrected chi connectivity index (χ3v) is 7.27. The fraction of sp³-hybridized carbons (Fsp3) is 0.450. The summed E-state index contributed by atoms with van der Waals surface area (Å²) in [4.78, 5) is 6.32. The summed E-state index contributed by atoms with van der Waals surface area (Å²) in [5.74, 6) is -0.854. The molecule has 8 nitrogen and oxygen atoms in total. The van der Waals surface area contributed by atoms with Crippen LogP contribution < -0.4 is 15.4 Å². The number of anilines is 2. The Morgan fingerprint density at radius 1 is 1.10 bits per heavy atom. The zero-order chi connectivity index (χ0) is 22.0. The number of nitrogen functional groups attached to an aromatic ring is 1. The molecule has 2 aromatic rings. The van der Waals surface area contributed by atoms with Crippen LogP contribution >= 0.6 is 0 Å². The molecule has 0 radical (unpaired) electrons. The van der Waals surface area contributed by atoms with Crippen LogP contribution in [0, 0.1) is 11.6 Å². The van der Waals surface area contributed by atoms with Crippen LogP contribution in [0.3, 0.4) is 0 Å². The first-order valence-corrected chi connectivity index (χ1v) is 11.5. The van der Waals surface area contributed by atoms with Gasteiger partial charge in [0.25, 0.3) is 0 Å². The highest BCUT2D eigenvalue weighted by Crippen LogP contribution is 2.29. The van der Waals surface area contributed by atoms with E-state index in [2.05, 4.69) is 4.98 Å². The van der Waals surface area contributed by atoms with Gasteiger partial charge in [-0.05, 0) is 18.2 Å². The Hall–Kier alpha value is -2.50. The zero-order valence-corrected chi connectivity index (χ0v) is 17.7. The third kappa shape index (κ3) is 4.73. The highest BCUT2D eigenvalue weighted by atomic mass is 32.2. The molecule has 1 aromatic heterocycles. The van der Waals surface area contributed by atoms with Crippen LogP contribution in [0.2, 0.25) is 0 Å². The summed E-state index contributed by atoms with van der Waals surface area (Å²) in [7, 11) is -3.67. The molecule has 2 saturated heterocycles. The Morgan fingerprint density at radius 2 is 1.81 bits per heavy atom. The standard InChI is InChI=1S/C20H24F2N4O4S/c21-14-1-2-19(17(22)11-14)30-15-3-5-25(6-4-15)20-18(23)12-16(13-24-20)31(27,28)26-7-9-29-10-8-26/h1-2,11-13,15H,3-10,23H2. The molecule has 2 N–H and O–H groups in total. The summed E-state index contributed by atoms with van der Waals surface area (Å²) < 4.78 is 64.7. The van der Waals surface area contributed by atoms with Crippen molar-refractivity contribution in [1.29, 1.82) is 0 Å². The number of rotatable bonds is 5. The number of hydrogen-bond acceptors (Lipinski definition) is 7. The van der Waals surface area contributed by atoms with E-state index in [1.54, 1.807) is 0 Å². The second-order valence-corrected chi connectivity index (χ2v) is 9.42. The monoisotopic (exact) mass is 454 g/mol. The Balaban J connectivity index is 1.40. The fourth-order valence-corrected chi connectivity index (χ4v) is 5.12. The van der Waals surface area contributed by atoms with Crippen molar-refractivity contribution in [2.75, 3.05) is 50.0 Å². The number of morpholine rings is 1. The average Bonchev–Trinajstić information content (AvgIpc) is 2.77. The molecular formula is C20H24F2N4O4S. The van der Waals surface area contributed by atoms with E-state index in [-0.39, 0.29) is 22.4 Å². The van der Waals surface area contributed by atoms with E-state index >= 15 is 0 Å². The SMILES string of the molecule is Nc1cc(S(=O)(=O)N2CCOCC2)cnc1N1CCC(Oc2ccc(F)cc2F)CC1. The highest BCUT2D eigenvalue weighted by Gasteiger charge is 2.29. The lowest BCUT2D eigenvalue weighted by atomic mass is 10.1. The Labute approximate surface area is 179 Å². The molecule has 168 valence electrons. The van der Waals surface area contributed by atoms with E-state index in [0.717, 1.165) is 12.1 Å². The van der Waals surface area contributed by atoms with Gasteiger partial charge in [0.1, 0.15) is 16.8 Å². The van der Waals surface area contributed by atoms with Gasteiger partial charge in [-0.1, -0.05) is 0 Å². The van der Waals surface area contributed by atoms with Crippen molar-refractivity contribution in [3.8, 4) is 5.75 Å². The van der Waals surface area contributed by atoms with Gasteiger partial charge in [0.05, 0.1) is 18.9 Å². The lowest BCUT2D eigenvalue weighted by Crippen LogP contribution is -2.41. The van der Waals surface area contributed by atoms with Crippen molar-refractivity contribution in [1.82, 2.24) is 9.29 Å². The Morgan fingerprint density at radius 3 is 2.45 bits per heavy atom. The van der Waals surface area contributed by atoms with Crippen molar-refractivity contribution in [3.63, 3.8) is 0 Å². The summed E-state index contributed by atoms with van der Waals surface area (Å²) in [5.41, 5.74) is 6.42. The van der Waals surface area contributed by atoms with Crippen molar-refractivity contribution in [3.05, 3.63) is 42.1 Å². The van der Waals surface area contributed by atoms with Crippen LogP contribution in [0.25, 0.3) is 0 Å². The Kier molecular flexibility index (Phi) is 6.26. The first-order chi connectivity index (χ1) is 14.8. The first kappa shape index (κ1) is 21.7. The summed E-state index contributed by atoms with van der Waals surface area (Å²) in [6.45, 7) is 2.43. The number of sulfonamides is 1. The van der Waals surface area contributed by atoms with Gasteiger partial charge >= 0.3 is 0 Å². The molecule has 2 fully saturated rings. The van der Waals surface area contributed by atoms with E-state index in [1.165, 1.54) is 22.6 Å². The van der Waals surface area contributed by atoms with Crippen molar-refractivity contribution < 1.29 is 26.7 Å². The number of hydrogen-bond donors (Lipinski definition) is 1. The molecule has 0 aliphatic carbocycles. The van der Waals surface area contributed by atoms with Crippen molar-refractivity contribution >= 4 is 21.5 Å². The van der Waals surface area contributed by atoms with Crippen molar-refractivity contribution in [2.24, 2.45) is 0 Å². The molecule has 31 heavy (non-hydrogen) atoms. The number of nitrogens with two attached hydrogens (primary N) is 1. The predicted octanol–water partition coefficient (Wildman–Crippen LogP) is 2.01. The van der Waals surface area contributed by atoms with Gasteiger partial charge in [-0.15, -0.1) is 0 Å². The molecule has 0 amide bonds. The molecule has 0 saturated carbocycles. The van der Waals surface area contributed by atoms with E-state index in [0.29, 0.717) is 58.1 Å². The molecule has 1 aromatic carbocycles. The molecule has 0 atom stereocenters. The molecule has 0 spiro atoms. The summed E-state index contributed by atoms with van der Waals surface area (Å²) in [5, 5.41) is 0. The minimum Gasteiger partial charge on any atom is -0.487 e. The molecular weight excluding hydrogens is 430 g/mol. The van der Waals surface area contributed by atoms with Crippen LogP contribution in [-0.2, 0) is 14.8 Å². The van der Waals surface area contributed by atoms with E-state index in [1.807, 2.05) is 4.90 Å². The van der Waals surface area contributed by atoms with Crippen LogP contribution in [0.5, 0.6) is 5.75 Å². The number of pyridine rings is 1. The summed E-state index contributed by atoms with van der Waals surface area (Å²) in [6, 6.07) is 4.67. The van der Waals surface area contributed by atoms with Gasteiger partial charge in [-0.2, -0.15) is 4.31 Å². The van der Waals surface area contributed by atoms with Crippen molar-refractivity contribution in [2.45, 2.75) is 23.8 Å². The van der Waals surface area contributed by atoms with Crippen LogP contribution in [0.1, 0.15) is 12.8 Å². The maximum atomic E-state index is 13.8. The maximum Gasteiger partial charge on any atom is 0.244 e. The number of ether oxygens (including phenoxy) is 2. The minimum absolute atomic E-state index is 0.0233. The van der Waals surface area contributed by atoms with E-state index < -0.39 is 21.7 Å². The lowest BCUT2D eigenvalue weighted by molar-refractivity contribution is 0.0730. The number of piperidine rings is 1. The number of halogens is 2. The highest BCUT2D eigenvalue weighted by molar-refractivity contribution is 7.89. The second kappa shape index (κ2) is 8.93. The molecule has 2 aliphatic heterocycles. The van der Waals surface area contributed by atoms with Crippen LogP contribution in [0.4, 0.5) is 20.3 Å². The fourth-order valence-electron chi connectivity index (χ4n) is 3.73.